The molecule has 0 saturated carbocycles. The summed E-state index contributed by atoms with van der Waals surface area (Å²) in [6.45, 7) is 3.01. The Bertz CT molecular complexity index is 779. The third-order valence-corrected chi connectivity index (χ3v) is 3.89. The standard InChI is InChI=1S/C19H22F3N5O2/c1-12(2)11-15(18(29)26-10-8-24)27-16(19(20,21)22)13-3-5-14(6-4-13)17(28)25-9-7-23/h3-6,12,15-16,27H,9-11H2,1-2H3,(H,25,28)(H,26,29)/t15-,16-/m0/s1. The molecule has 3 N–H and O–H groups in total. The normalized spacial score (nSPS) is 13.1. The first-order chi connectivity index (χ1) is 13.6. The highest BCUT2D eigenvalue weighted by Crippen LogP contribution is 2.33. The molecule has 1 aromatic carbocycles. The van der Waals surface area contributed by atoms with E-state index in [4.69, 9.17) is 10.5 Å². The van der Waals surface area contributed by atoms with E-state index in [9.17, 15) is 22.8 Å². The lowest BCUT2D eigenvalue weighted by molar-refractivity contribution is -0.161. The van der Waals surface area contributed by atoms with E-state index in [1.54, 1.807) is 26.0 Å². The molecule has 0 fully saturated rings. The van der Waals surface area contributed by atoms with Gasteiger partial charge in [0.05, 0.1) is 18.2 Å². The van der Waals surface area contributed by atoms with Crippen LogP contribution >= 0.6 is 0 Å². The summed E-state index contributed by atoms with van der Waals surface area (Å²) in [6, 6.07) is 4.87. The second-order valence-corrected chi connectivity index (χ2v) is 6.66. The highest BCUT2D eigenvalue weighted by Gasteiger charge is 2.42. The first-order valence-electron chi connectivity index (χ1n) is 8.82. The molecule has 0 aliphatic heterocycles. The van der Waals surface area contributed by atoms with Gasteiger partial charge in [0.2, 0.25) is 5.91 Å². The number of carbonyl (C=O) groups is 2. The van der Waals surface area contributed by atoms with Crippen LogP contribution < -0.4 is 16.0 Å². The fourth-order valence-electron chi connectivity index (χ4n) is 2.60. The number of rotatable bonds is 9. The van der Waals surface area contributed by atoms with Crippen molar-refractivity contribution in [2.75, 3.05) is 13.1 Å². The summed E-state index contributed by atoms with van der Waals surface area (Å²) in [5.74, 6) is -1.34. The van der Waals surface area contributed by atoms with Crippen molar-refractivity contribution in [3.8, 4) is 12.1 Å². The molecule has 2 atom stereocenters. The van der Waals surface area contributed by atoms with E-state index in [2.05, 4.69) is 16.0 Å². The summed E-state index contributed by atoms with van der Waals surface area (Å²) in [5.41, 5.74) is -0.0633. The number of nitrogens with one attached hydrogen (secondary N) is 3. The van der Waals surface area contributed by atoms with E-state index in [1.807, 2.05) is 0 Å². The van der Waals surface area contributed by atoms with Crippen molar-refractivity contribution >= 4 is 11.8 Å². The summed E-state index contributed by atoms with van der Waals surface area (Å²) in [6.07, 6.45) is -4.56. The van der Waals surface area contributed by atoms with Gasteiger partial charge in [-0.2, -0.15) is 23.7 Å². The molecule has 7 nitrogen and oxygen atoms in total. The Kier molecular flexibility index (Phi) is 9.10. The molecule has 0 aromatic heterocycles. The lowest BCUT2D eigenvalue weighted by atomic mass is 9.99. The molecule has 2 amide bonds. The number of benzene rings is 1. The molecule has 156 valence electrons. The van der Waals surface area contributed by atoms with Crippen molar-refractivity contribution < 1.29 is 22.8 Å². The van der Waals surface area contributed by atoms with Crippen molar-refractivity contribution in [1.82, 2.24) is 16.0 Å². The third-order valence-electron chi connectivity index (χ3n) is 3.89. The second kappa shape index (κ2) is 11.0. The van der Waals surface area contributed by atoms with Gasteiger partial charge < -0.3 is 10.6 Å². The molecular formula is C19H22F3N5O2. The molecule has 0 heterocycles. The minimum atomic E-state index is -4.70. The fraction of sp³-hybridized carbons (Fsp3) is 0.474. The molecular weight excluding hydrogens is 387 g/mol. The molecule has 1 rings (SSSR count). The van der Waals surface area contributed by atoms with Crippen molar-refractivity contribution in [2.45, 2.75) is 38.5 Å². The maximum absolute atomic E-state index is 13.7. The van der Waals surface area contributed by atoms with Crippen LogP contribution in [0.1, 0.15) is 42.2 Å². The predicted octanol–water partition coefficient (Wildman–Crippen LogP) is 2.19. The number of amides is 2. The molecule has 29 heavy (non-hydrogen) atoms. The minimum Gasteiger partial charge on any atom is -0.342 e. The zero-order valence-corrected chi connectivity index (χ0v) is 16.0. The van der Waals surface area contributed by atoms with Crippen LogP contribution in [0.4, 0.5) is 13.2 Å². The van der Waals surface area contributed by atoms with Crippen molar-refractivity contribution in [2.24, 2.45) is 5.92 Å². The molecule has 0 aliphatic carbocycles. The summed E-state index contributed by atoms with van der Waals surface area (Å²) >= 11 is 0. The Labute approximate surface area is 166 Å². The first-order valence-corrected chi connectivity index (χ1v) is 8.82. The van der Waals surface area contributed by atoms with Gasteiger partial charge in [0.1, 0.15) is 19.1 Å². The highest BCUT2D eigenvalue weighted by atomic mass is 19.4. The van der Waals surface area contributed by atoms with Crippen LogP contribution in [0.2, 0.25) is 0 Å². The number of nitriles is 2. The number of hydrogen-bond donors (Lipinski definition) is 3. The topological polar surface area (TPSA) is 118 Å². The zero-order valence-electron chi connectivity index (χ0n) is 16.0. The van der Waals surface area contributed by atoms with Gasteiger partial charge in [0, 0.05) is 5.56 Å². The van der Waals surface area contributed by atoms with Crippen LogP contribution in [0.25, 0.3) is 0 Å². The first kappa shape index (κ1) is 23.9. The van der Waals surface area contributed by atoms with Gasteiger partial charge in [-0.3, -0.25) is 14.9 Å². The van der Waals surface area contributed by atoms with Crippen molar-refractivity contribution in [3.05, 3.63) is 35.4 Å². The lowest BCUT2D eigenvalue weighted by Crippen LogP contribution is -2.49. The molecule has 0 saturated heterocycles. The van der Waals surface area contributed by atoms with Crippen LogP contribution in [0, 0.1) is 28.6 Å². The smallest absolute Gasteiger partial charge is 0.342 e. The van der Waals surface area contributed by atoms with Crippen molar-refractivity contribution in [1.29, 1.82) is 10.5 Å². The molecule has 0 aliphatic rings. The molecule has 0 spiro atoms. The van der Waals surface area contributed by atoms with Gasteiger partial charge >= 0.3 is 6.18 Å². The molecule has 0 bridgehead atoms. The summed E-state index contributed by atoms with van der Waals surface area (Å²) in [7, 11) is 0. The summed E-state index contributed by atoms with van der Waals surface area (Å²) in [5, 5.41) is 24.0. The van der Waals surface area contributed by atoms with Crippen LogP contribution in [0.5, 0.6) is 0 Å². The largest absolute Gasteiger partial charge is 0.407 e. The number of alkyl halides is 3. The van der Waals surface area contributed by atoms with Gasteiger partial charge in [-0.05, 0) is 30.0 Å². The summed E-state index contributed by atoms with van der Waals surface area (Å²) in [4.78, 5) is 24.0. The Morgan fingerprint density at radius 1 is 1.03 bits per heavy atom. The van der Waals surface area contributed by atoms with E-state index in [1.165, 1.54) is 12.1 Å². The summed E-state index contributed by atoms with van der Waals surface area (Å²) < 4.78 is 41.0. The zero-order chi connectivity index (χ0) is 22.0. The highest BCUT2D eigenvalue weighted by molar-refractivity contribution is 5.94. The number of halogens is 3. The van der Waals surface area contributed by atoms with Crippen LogP contribution in [-0.2, 0) is 4.79 Å². The molecule has 0 radical (unpaired) electrons. The fourth-order valence-corrected chi connectivity index (χ4v) is 2.60. The van der Waals surface area contributed by atoms with Gasteiger partial charge in [-0.15, -0.1) is 0 Å². The van der Waals surface area contributed by atoms with Crippen LogP contribution in [-0.4, -0.2) is 37.1 Å². The van der Waals surface area contributed by atoms with Crippen molar-refractivity contribution in [3.63, 3.8) is 0 Å². The Morgan fingerprint density at radius 2 is 1.59 bits per heavy atom. The Hall–Kier alpha value is -3.11. The Balaban J connectivity index is 3.09. The molecule has 0 unspecified atom stereocenters. The SMILES string of the molecule is CC(C)C[C@H](N[C@@H](c1ccc(C(=O)NCC#N)cc1)C(F)(F)F)C(=O)NCC#N. The van der Waals surface area contributed by atoms with Gasteiger partial charge in [0.15, 0.2) is 0 Å². The monoisotopic (exact) mass is 409 g/mol. The minimum absolute atomic E-state index is 0.0691. The number of carbonyl (C=O) groups excluding carboxylic acids is 2. The number of nitrogens with zero attached hydrogens (tertiary/aromatic N) is 2. The van der Waals surface area contributed by atoms with Crippen LogP contribution in [0.3, 0.4) is 0 Å². The second-order valence-electron chi connectivity index (χ2n) is 6.66. The van der Waals surface area contributed by atoms with Gasteiger partial charge in [-0.25, -0.2) is 0 Å². The molecule has 10 heteroatoms. The van der Waals surface area contributed by atoms with Crippen LogP contribution in [0.15, 0.2) is 24.3 Å². The lowest BCUT2D eigenvalue weighted by Gasteiger charge is -2.28. The van der Waals surface area contributed by atoms with E-state index in [0.717, 1.165) is 12.1 Å². The average Bonchev–Trinajstić information content (AvgIpc) is 2.66. The maximum atomic E-state index is 13.7. The van der Waals surface area contributed by atoms with E-state index in [0.29, 0.717) is 0 Å². The van der Waals surface area contributed by atoms with E-state index in [-0.39, 0.29) is 36.6 Å². The van der Waals surface area contributed by atoms with E-state index < -0.39 is 30.1 Å². The van der Waals surface area contributed by atoms with Gasteiger partial charge in [-0.1, -0.05) is 26.0 Å². The number of hydrogen-bond acceptors (Lipinski definition) is 5. The average molecular weight is 409 g/mol. The Morgan fingerprint density at radius 3 is 2.07 bits per heavy atom. The molecule has 1 aromatic rings. The third kappa shape index (κ3) is 7.80. The van der Waals surface area contributed by atoms with Gasteiger partial charge in [0.25, 0.3) is 5.91 Å². The predicted molar refractivity (Wildman–Crippen MR) is 98.2 cm³/mol. The van der Waals surface area contributed by atoms with E-state index >= 15 is 0 Å². The maximum Gasteiger partial charge on any atom is 0.407 e. The quantitative estimate of drug-likeness (QED) is 0.541.